The van der Waals surface area contributed by atoms with E-state index in [1.54, 1.807) is 6.08 Å². The van der Waals surface area contributed by atoms with Gasteiger partial charge in [-0.25, -0.2) is 4.79 Å². The van der Waals surface area contributed by atoms with Crippen LogP contribution in [0.5, 0.6) is 0 Å². The van der Waals surface area contributed by atoms with Crippen LogP contribution in [-0.4, -0.2) is 12.1 Å². The number of rotatable bonds is 3. The summed E-state index contributed by atoms with van der Waals surface area (Å²) in [5.41, 5.74) is 1.80. The van der Waals surface area contributed by atoms with Crippen LogP contribution in [0.25, 0.3) is 6.08 Å². The van der Waals surface area contributed by atoms with Gasteiger partial charge in [0.2, 0.25) is 0 Å². The lowest BCUT2D eigenvalue weighted by molar-refractivity contribution is -0.158. The molecule has 0 heterocycles. The first-order valence-electron chi connectivity index (χ1n) is 12.4. The molecule has 4 aliphatic rings. The molecule has 0 aromatic heterocycles. The molecule has 0 saturated heterocycles. The molecule has 162 valence electrons. The second-order valence-electron chi connectivity index (χ2n) is 11.2. The summed E-state index contributed by atoms with van der Waals surface area (Å²) in [7, 11) is 0. The Labute approximate surface area is 182 Å². The fourth-order valence-electron chi connectivity index (χ4n) is 8.35. The Kier molecular flexibility index (Phi) is 5.32. The van der Waals surface area contributed by atoms with E-state index in [1.807, 2.05) is 36.4 Å². The zero-order valence-electron chi connectivity index (χ0n) is 18.8. The predicted molar refractivity (Wildman–Crippen MR) is 122 cm³/mol. The normalized spacial score (nSPS) is 42.9. The minimum atomic E-state index is -0.171. The fraction of sp³-hybridized carbons (Fsp3) is 0.679. The average Bonchev–Trinajstić information content (AvgIpc) is 3.09. The SMILES string of the molecule is C[C@]12CCC3C(CC[C@H]4CCCC[C@]34C)C1CCC2OC(=O)/C=C/c1ccccc1. The van der Waals surface area contributed by atoms with E-state index in [2.05, 4.69) is 13.8 Å². The highest BCUT2D eigenvalue weighted by Crippen LogP contribution is 2.66. The number of fused-ring (bicyclic) bond motifs is 5. The Morgan fingerprint density at radius 3 is 2.53 bits per heavy atom. The summed E-state index contributed by atoms with van der Waals surface area (Å²) < 4.78 is 6.09. The van der Waals surface area contributed by atoms with Gasteiger partial charge in [-0.1, -0.05) is 57.0 Å². The van der Waals surface area contributed by atoms with Crippen LogP contribution in [0.3, 0.4) is 0 Å². The number of esters is 1. The molecule has 2 nitrogen and oxygen atoms in total. The number of hydrogen-bond donors (Lipinski definition) is 0. The number of carbonyl (C=O) groups excluding carboxylic acids is 1. The van der Waals surface area contributed by atoms with Crippen molar-refractivity contribution in [1.82, 2.24) is 0 Å². The van der Waals surface area contributed by atoms with E-state index in [-0.39, 0.29) is 17.5 Å². The highest BCUT2D eigenvalue weighted by atomic mass is 16.5. The van der Waals surface area contributed by atoms with Gasteiger partial charge >= 0.3 is 5.97 Å². The van der Waals surface area contributed by atoms with E-state index in [1.165, 1.54) is 57.8 Å². The van der Waals surface area contributed by atoms with E-state index in [9.17, 15) is 4.79 Å². The first-order valence-corrected chi connectivity index (χ1v) is 12.4. The number of carbonyl (C=O) groups is 1. The smallest absolute Gasteiger partial charge is 0.331 e. The molecule has 7 atom stereocenters. The van der Waals surface area contributed by atoms with Crippen molar-refractivity contribution in [3.63, 3.8) is 0 Å². The van der Waals surface area contributed by atoms with E-state index < -0.39 is 0 Å². The zero-order valence-corrected chi connectivity index (χ0v) is 18.8. The maximum atomic E-state index is 12.6. The lowest BCUT2D eigenvalue weighted by Gasteiger charge is -2.60. The van der Waals surface area contributed by atoms with Gasteiger partial charge in [0.05, 0.1) is 0 Å². The average molecular weight is 407 g/mol. The van der Waals surface area contributed by atoms with E-state index >= 15 is 0 Å². The van der Waals surface area contributed by atoms with Crippen LogP contribution in [0.15, 0.2) is 36.4 Å². The summed E-state index contributed by atoms with van der Waals surface area (Å²) in [6, 6.07) is 10.0. The van der Waals surface area contributed by atoms with Crippen molar-refractivity contribution in [2.75, 3.05) is 0 Å². The van der Waals surface area contributed by atoms with Crippen LogP contribution in [0, 0.1) is 34.5 Å². The van der Waals surface area contributed by atoms with Crippen molar-refractivity contribution >= 4 is 12.0 Å². The van der Waals surface area contributed by atoms with E-state index in [4.69, 9.17) is 4.74 Å². The maximum Gasteiger partial charge on any atom is 0.331 e. The van der Waals surface area contributed by atoms with Gasteiger partial charge in [-0.2, -0.15) is 0 Å². The predicted octanol–water partition coefficient (Wildman–Crippen LogP) is 7.04. The molecule has 0 radical (unpaired) electrons. The molecule has 0 spiro atoms. The lowest BCUT2D eigenvalue weighted by atomic mass is 9.45. The molecule has 2 heteroatoms. The first-order chi connectivity index (χ1) is 14.5. The van der Waals surface area contributed by atoms with E-state index in [0.717, 1.165) is 35.7 Å². The molecule has 4 unspecified atom stereocenters. The van der Waals surface area contributed by atoms with Crippen molar-refractivity contribution in [2.45, 2.75) is 84.2 Å². The largest absolute Gasteiger partial charge is 0.459 e. The number of benzene rings is 1. The summed E-state index contributed by atoms with van der Waals surface area (Å²) in [6.45, 7) is 5.08. The van der Waals surface area contributed by atoms with E-state index in [0.29, 0.717) is 5.41 Å². The summed E-state index contributed by atoms with van der Waals surface area (Å²) in [5, 5.41) is 0. The molecule has 1 aromatic carbocycles. The van der Waals surface area contributed by atoms with Gasteiger partial charge in [0.25, 0.3) is 0 Å². The van der Waals surface area contributed by atoms with Gasteiger partial charge in [0.1, 0.15) is 6.10 Å². The Hall–Kier alpha value is -1.57. The molecule has 0 bridgehead atoms. The van der Waals surface area contributed by atoms with Crippen molar-refractivity contribution in [3.8, 4) is 0 Å². The van der Waals surface area contributed by atoms with Gasteiger partial charge in [-0.3, -0.25) is 0 Å². The number of ether oxygens (including phenoxy) is 1. The molecule has 4 saturated carbocycles. The molecule has 1 aromatic rings. The van der Waals surface area contributed by atoms with Crippen LogP contribution in [0.2, 0.25) is 0 Å². The molecule has 5 rings (SSSR count). The molecule has 30 heavy (non-hydrogen) atoms. The Morgan fingerprint density at radius 2 is 1.70 bits per heavy atom. The van der Waals surface area contributed by atoms with Crippen LogP contribution in [-0.2, 0) is 9.53 Å². The quantitative estimate of drug-likeness (QED) is 0.397. The van der Waals surface area contributed by atoms with Gasteiger partial charge < -0.3 is 4.74 Å². The Morgan fingerprint density at radius 1 is 0.900 bits per heavy atom. The van der Waals surface area contributed by atoms with Crippen molar-refractivity contribution in [2.24, 2.45) is 34.5 Å². The minimum Gasteiger partial charge on any atom is -0.459 e. The summed E-state index contributed by atoms with van der Waals surface area (Å²) in [4.78, 5) is 12.6. The van der Waals surface area contributed by atoms with Crippen LogP contribution in [0.1, 0.15) is 83.6 Å². The Bertz CT molecular complexity index is 798. The molecule has 4 fully saturated rings. The molecule has 0 aliphatic heterocycles. The second-order valence-corrected chi connectivity index (χ2v) is 11.2. The highest BCUT2D eigenvalue weighted by Gasteiger charge is 2.60. The standard InChI is InChI=1S/C28H38O2/c1-27-18-7-6-10-21(27)12-13-22-23-14-15-25(28(23,2)19-17-24(22)27)30-26(29)16-11-20-8-4-3-5-9-20/h3-5,8-9,11,16,21-25H,6-7,10,12-15,17-19H2,1-2H3/b16-11+/t21-,22?,23?,24?,25?,27+,28+/m1/s1. The monoisotopic (exact) mass is 406 g/mol. The Balaban J connectivity index is 1.28. The van der Waals surface area contributed by atoms with Crippen molar-refractivity contribution in [1.29, 1.82) is 0 Å². The van der Waals surface area contributed by atoms with Crippen molar-refractivity contribution < 1.29 is 9.53 Å². The molecule has 0 amide bonds. The third kappa shape index (κ3) is 3.35. The summed E-state index contributed by atoms with van der Waals surface area (Å²) in [6.07, 6.45) is 17.1. The topological polar surface area (TPSA) is 26.3 Å². The maximum absolute atomic E-state index is 12.6. The zero-order chi connectivity index (χ0) is 20.8. The highest BCUT2D eigenvalue weighted by molar-refractivity contribution is 5.87. The van der Waals surface area contributed by atoms with Gasteiger partial charge in [-0.05, 0) is 92.1 Å². The second kappa shape index (κ2) is 7.84. The van der Waals surface area contributed by atoms with Gasteiger partial charge in [0.15, 0.2) is 0 Å². The third-order valence-electron chi connectivity index (χ3n) is 9.97. The molecule has 0 N–H and O–H groups in total. The summed E-state index contributed by atoms with van der Waals surface area (Å²) in [5.74, 6) is 3.30. The molecular weight excluding hydrogens is 368 g/mol. The fourth-order valence-corrected chi connectivity index (χ4v) is 8.35. The molecular formula is C28H38O2. The molecule has 4 aliphatic carbocycles. The lowest BCUT2D eigenvalue weighted by Crippen LogP contribution is -2.53. The van der Waals surface area contributed by atoms with Gasteiger partial charge in [0, 0.05) is 11.5 Å². The van der Waals surface area contributed by atoms with Crippen LogP contribution < -0.4 is 0 Å². The van der Waals surface area contributed by atoms with Crippen LogP contribution in [0.4, 0.5) is 0 Å². The summed E-state index contributed by atoms with van der Waals surface area (Å²) >= 11 is 0. The first kappa shape index (κ1) is 20.3. The van der Waals surface area contributed by atoms with Crippen molar-refractivity contribution in [3.05, 3.63) is 42.0 Å². The van der Waals surface area contributed by atoms with Gasteiger partial charge in [-0.15, -0.1) is 0 Å². The minimum absolute atomic E-state index is 0.0910. The van der Waals surface area contributed by atoms with Crippen LogP contribution >= 0.6 is 0 Å². The number of hydrogen-bond acceptors (Lipinski definition) is 2. The third-order valence-corrected chi connectivity index (χ3v) is 9.97.